The largest absolute Gasteiger partial charge is 0.497 e. The third-order valence-electron chi connectivity index (χ3n) is 3.23. The lowest BCUT2D eigenvalue weighted by molar-refractivity contribution is -0.132. The number of rotatable bonds is 5. The quantitative estimate of drug-likeness (QED) is 0.881. The molecule has 0 bridgehead atoms. The Morgan fingerprint density at radius 3 is 2.60 bits per heavy atom. The zero-order chi connectivity index (χ0) is 14.5. The summed E-state index contributed by atoms with van der Waals surface area (Å²) in [6, 6.07) is 4.47. The van der Waals surface area contributed by atoms with E-state index in [2.05, 4.69) is 0 Å². The monoisotopic (exact) mass is 279 g/mol. The number of nitrogens with zero attached hydrogens (tertiary/aromatic N) is 1. The number of methoxy groups -OCH3 is 1. The second-order valence-corrected chi connectivity index (χ2v) is 4.54. The van der Waals surface area contributed by atoms with Crippen molar-refractivity contribution in [1.82, 2.24) is 4.90 Å². The minimum Gasteiger partial charge on any atom is -0.497 e. The average Bonchev–Trinajstić information content (AvgIpc) is 2.98. The Kier molecular flexibility index (Phi) is 4.45. The highest BCUT2D eigenvalue weighted by Crippen LogP contribution is 2.24. The molecule has 0 saturated carbocycles. The van der Waals surface area contributed by atoms with Gasteiger partial charge in [-0.1, -0.05) is 0 Å². The number of benzene rings is 1. The molecule has 1 aliphatic heterocycles. The van der Waals surface area contributed by atoms with Crippen molar-refractivity contribution < 1.29 is 24.2 Å². The maximum Gasteiger partial charge on any atom is 0.339 e. The van der Waals surface area contributed by atoms with Crippen LogP contribution in [0.4, 0.5) is 0 Å². The molecule has 1 aliphatic rings. The van der Waals surface area contributed by atoms with Crippen LogP contribution in [0, 0.1) is 0 Å². The maximum atomic E-state index is 11.9. The van der Waals surface area contributed by atoms with Crippen molar-refractivity contribution in [3.8, 4) is 11.5 Å². The third-order valence-corrected chi connectivity index (χ3v) is 3.23. The first kappa shape index (κ1) is 14.2. The van der Waals surface area contributed by atoms with Crippen LogP contribution < -0.4 is 9.47 Å². The van der Waals surface area contributed by atoms with E-state index in [1.807, 2.05) is 0 Å². The molecule has 1 heterocycles. The Balaban J connectivity index is 2.04. The number of hydrogen-bond donors (Lipinski definition) is 1. The summed E-state index contributed by atoms with van der Waals surface area (Å²) < 4.78 is 10.3. The standard InChI is InChI=1S/C14H17NO5/c1-19-10-4-5-12(11(8-10)14(17)18)20-9-13(16)15-6-2-3-7-15/h4-5,8H,2-3,6-7,9H2,1H3,(H,17,18). The van der Waals surface area contributed by atoms with E-state index >= 15 is 0 Å². The zero-order valence-corrected chi connectivity index (χ0v) is 11.3. The minimum atomic E-state index is -1.12. The summed E-state index contributed by atoms with van der Waals surface area (Å²) in [5, 5.41) is 9.13. The molecule has 20 heavy (non-hydrogen) atoms. The Morgan fingerprint density at radius 2 is 2.00 bits per heavy atom. The normalized spacial score (nSPS) is 14.2. The molecular weight excluding hydrogens is 262 g/mol. The first-order valence-electron chi connectivity index (χ1n) is 6.43. The highest BCUT2D eigenvalue weighted by Gasteiger charge is 2.19. The van der Waals surface area contributed by atoms with Crippen molar-refractivity contribution in [2.45, 2.75) is 12.8 Å². The van der Waals surface area contributed by atoms with Gasteiger partial charge in [0, 0.05) is 13.1 Å². The first-order valence-corrected chi connectivity index (χ1v) is 6.43. The summed E-state index contributed by atoms with van der Waals surface area (Å²) in [6.07, 6.45) is 2.02. The van der Waals surface area contributed by atoms with Crippen LogP contribution in [0.15, 0.2) is 18.2 Å². The molecule has 2 rings (SSSR count). The molecule has 108 valence electrons. The molecule has 6 heteroatoms. The fraction of sp³-hybridized carbons (Fsp3) is 0.429. The van der Waals surface area contributed by atoms with Gasteiger partial charge in [0.2, 0.25) is 0 Å². The Labute approximate surface area is 116 Å². The van der Waals surface area contributed by atoms with Crippen LogP contribution >= 0.6 is 0 Å². The number of hydrogen-bond acceptors (Lipinski definition) is 4. The van der Waals surface area contributed by atoms with Crippen LogP contribution in [0.3, 0.4) is 0 Å². The average molecular weight is 279 g/mol. The predicted molar refractivity (Wildman–Crippen MR) is 71.3 cm³/mol. The van der Waals surface area contributed by atoms with Gasteiger partial charge in [0.25, 0.3) is 5.91 Å². The van der Waals surface area contributed by atoms with Gasteiger partial charge < -0.3 is 19.5 Å². The van der Waals surface area contributed by atoms with Crippen molar-refractivity contribution in [2.75, 3.05) is 26.8 Å². The number of carboxylic acids is 1. The minimum absolute atomic E-state index is 0.0152. The van der Waals surface area contributed by atoms with Crippen molar-refractivity contribution >= 4 is 11.9 Å². The number of carboxylic acid groups (broad SMARTS) is 1. The highest BCUT2D eigenvalue weighted by molar-refractivity contribution is 5.91. The summed E-state index contributed by atoms with van der Waals surface area (Å²) in [5.41, 5.74) is -0.0152. The summed E-state index contributed by atoms with van der Waals surface area (Å²) >= 11 is 0. The van der Waals surface area contributed by atoms with Crippen molar-refractivity contribution in [1.29, 1.82) is 0 Å². The van der Waals surface area contributed by atoms with Gasteiger partial charge in [0.15, 0.2) is 6.61 Å². The molecule has 1 fully saturated rings. The van der Waals surface area contributed by atoms with Crippen LogP contribution in [0.25, 0.3) is 0 Å². The van der Waals surface area contributed by atoms with E-state index in [1.54, 1.807) is 11.0 Å². The number of carbonyl (C=O) groups excluding carboxylic acids is 1. The lowest BCUT2D eigenvalue weighted by Crippen LogP contribution is -2.32. The van der Waals surface area contributed by atoms with Gasteiger partial charge in [-0.3, -0.25) is 4.79 Å². The Hall–Kier alpha value is -2.24. The topological polar surface area (TPSA) is 76.1 Å². The predicted octanol–water partition coefficient (Wildman–Crippen LogP) is 1.39. The van der Waals surface area contributed by atoms with Crippen LogP contribution in [-0.4, -0.2) is 48.7 Å². The molecule has 0 radical (unpaired) electrons. The Bertz CT molecular complexity index is 508. The van der Waals surface area contributed by atoms with Crippen LogP contribution in [-0.2, 0) is 4.79 Å². The molecule has 1 saturated heterocycles. The number of aromatic carboxylic acids is 1. The first-order chi connectivity index (χ1) is 9.61. The van der Waals surface area contributed by atoms with E-state index < -0.39 is 5.97 Å². The van der Waals surface area contributed by atoms with Gasteiger partial charge in [-0.25, -0.2) is 4.79 Å². The molecule has 1 aromatic carbocycles. The maximum absolute atomic E-state index is 11.9. The highest BCUT2D eigenvalue weighted by atomic mass is 16.5. The SMILES string of the molecule is COc1ccc(OCC(=O)N2CCCC2)c(C(=O)O)c1. The Morgan fingerprint density at radius 1 is 1.30 bits per heavy atom. The van der Waals surface area contributed by atoms with Gasteiger partial charge in [0.1, 0.15) is 17.1 Å². The smallest absolute Gasteiger partial charge is 0.339 e. The van der Waals surface area contributed by atoms with Crippen molar-refractivity contribution in [3.63, 3.8) is 0 Å². The van der Waals surface area contributed by atoms with Gasteiger partial charge >= 0.3 is 5.97 Å². The molecule has 1 aromatic rings. The number of amides is 1. The van der Waals surface area contributed by atoms with E-state index in [-0.39, 0.29) is 23.8 Å². The molecule has 0 aliphatic carbocycles. The molecule has 1 amide bonds. The van der Waals surface area contributed by atoms with Gasteiger partial charge in [-0.2, -0.15) is 0 Å². The third kappa shape index (κ3) is 3.20. The summed E-state index contributed by atoms with van der Waals surface area (Å²) in [4.78, 5) is 24.7. The summed E-state index contributed by atoms with van der Waals surface area (Å²) in [7, 11) is 1.46. The van der Waals surface area contributed by atoms with E-state index in [0.717, 1.165) is 25.9 Å². The van der Waals surface area contributed by atoms with Crippen LogP contribution in [0.5, 0.6) is 11.5 Å². The molecule has 1 N–H and O–H groups in total. The number of carbonyl (C=O) groups is 2. The zero-order valence-electron chi connectivity index (χ0n) is 11.3. The van der Waals surface area contributed by atoms with Crippen LogP contribution in [0.1, 0.15) is 23.2 Å². The van der Waals surface area contributed by atoms with Crippen molar-refractivity contribution in [2.24, 2.45) is 0 Å². The number of likely N-dealkylation sites (tertiary alicyclic amines) is 1. The lowest BCUT2D eigenvalue weighted by Gasteiger charge is -2.16. The molecule has 6 nitrogen and oxygen atoms in total. The second kappa shape index (κ2) is 6.27. The van der Waals surface area contributed by atoms with E-state index in [4.69, 9.17) is 14.6 Å². The molecule has 0 unspecified atom stereocenters. The van der Waals surface area contributed by atoms with Gasteiger partial charge in [0.05, 0.1) is 7.11 Å². The van der Waals surface area contributed by atoms with E-state index in [0.29, 0.717) is 5.75 Å². The fourth-order valence-electron chi connectivity index (χ4n) is 2.13. The summed E-state index contributed by atoms with van der Waals surface area (Å²) in [6.45, 7) is 1.35. The second-order valence-electron chi connectivity index (χ2n) is 4.54. The van der Waals surface area contributed by atoms with Crippen molar-refractivity contribution in [3.05, 3.63) is 23.8 Å². The number of ether oxygens (including phenoxy) is 2. The van der Waals surface area contributed by atoms with Gasteiger partial charge in [-0.15, -0.1) is 0 Å². The van der Waals surface area contributed by atoms with Gasteiger partial charge in [-0.05, 0) is 31.0 Å². The summed E-state index contributed by atoms with van der Waals surface area (Å²) in [5.74, 6) is -0.631. The van der Waals surface area contributed by atoms with Crippen LogP contribution in [0.2, 0.25) is 0 Å². The molecule has 0 atom stereocenters. The fourth-order valence-corrected chi connectivity index (χ4v) is 2.13. The molecule has 0 aromatic heterocycles. The van der Waals surface area contributed by atoms with E-state index in [9.17, 15) is 9.59 Å². The lowest BCUT2D eigenvalue weighted by atomic mass is 10.2. The molecule has 0 spiro atoms. The van der Waals surface area contributed by atoms with E-state index in [1.165, 1.54) is 19.2 Å². The molecular formula is C14H17NO5.